The van der Waals surface area contributed by atoms with Gasteiger partial charge in [-0.25, -0.2) is 4.98 Å². The number of piperazine rings is 1. The number of nitrogens with zero attached hydrogens (tertiary/aromatic N) is 3. The molecule has 1 fully saturated rings. The number of thiazole rings is 1. The van der Waals surface area contributed by atoms with E-state index in [-0.39, 0.29) is 5.91 Å². The van der Waals surface area contributed by atoms with Crippen molar-refractivity contribution >= 4 is 17.2 Å². The third-order valence-corrected chi connectivity index (χ3v) is 5.14. The van der Waals surface area contributed by atoms with Crippen LogP contribution in [0.4, 0.5) is 0 Å². The fraction of sp³-hybridized carbons (Fsp3) is 0.444. The van der Waals surface area contributed by atoms with Gasteiger partial charge in [-0.3, -0.25) is 9.69 Å². The van der Waals surface area contributed by atoms with E-state index in [0.29, 0.717) is 6.42 Å². The Morgan fingerprint density at radius 1 is 1.22 bits per heavy atom. The van der Waals surface area contributed by atoms with E-state index in [4.69, 9.17) is 0 Å². The van der Waals surface area contributed by atoms with Crippen molar-refractivity contribution in [3.8, 4) is 0 Å². The van der Waals surface area contributed by atoms with Gasteiger partial charge in [-0.2, -0.15) is 0 Å². The van der Waals surface area contributed by atoms with Crippen molar-refractivity contribution in [2.45, 2.75) is 26.8 Å². The molecule has 0 aliphatic carbocycles. The van der Waals surface area contributed by atoms with Crippen molar-refractivity contribution in [1.29, 1.82) is 0 Å². The van der Waals surface area contributed by atoms with Crippen LogP contribution in [0.25, 0.3) is 0 Å². The molecule has 1 amide bonds. The summed E-state index contributed by atoms with van der Waals surface area (Å²) >= 11 is 1.72. The molecule has 122 valence electrons. The van der Waals surface area contributed by atoms with Crippen LogP contribution in [0.2, 0.25) is 0 Å². The van der Waals surface area contributed by atoms with Crippen LogP contribution in [0, 0.1) is 13.8 Å². The molecule has 0 bridgehead atoms. The quantitative estimate of drug-likeness (QED) is 0.865. The van der Waals surface area contributed by atoms with Gasteiger partial charge in [-0.1, -0.05) is 29.8 Å². The second-order valence-electron chi connectivity index (χ2n) is 6.21. The number of aryl methyl sites for hydroxylation is 2. The maximum absolute atomic E-state index is 12.4. The summed E-state index contributed by atoms with van der Waals surface area (Å²) in [6, 6.07) is 8.21. The first-order valence-electron chi connectivity index (χ1n) is 8.07. The minimum absolute atomic E-state index is 0.236. The summed E-state index contributed by atoms with van der Waals surface area (Å²) in [5.74, 6) is 0.236. The number of rotatable bonds is 4. The van der Waals surface area contributed by atoms with E-state index in [9.17, 15) is 4.79 Å². The summed E-state index contributed by atoms with van der Waals surface area (Å²) in [6.45, 7) is 8.48. The van der Waals surface area contributed by atoms with Gasteiger partial charge in [0, 0.05) is 37.3 Å². The van der Waals surface area contributed by atoms with Crippen molar-refractivity contribution in [3.63, 3.8) is 0 Å². The number of benzene rings is 1. The van der Waals surface area contributed by atoms with Crippen molar-refractivity contribution in [2.24, 2.45) is 0 Å². The summed E-state index contributed by atoms with van der Waals surface area (Å²) in [5, 5.41) is 3.26. The molecule has 23 heavy (non-hydrogen) atoms. The fourth-order valence-electron chi connectivity index (χ4n) is 2.93. The van der Waals surface area contributed by atoms with Gasteiger partial charge >= 0.3 is 0 Å². The van der Waals surface area contributed by atoms with Crippen LogP contribution in [0.5, 0.6) is 0 Å². The van der Waals surface area contributed by atoms with Gasteiger partial charge in [-0.15, -0.1) is 11.3 Å². The monoisotopic (exact) mass is 329 g/mol. The summed E-state index contributed by atoms with van der Waals surface area (Å²) in [5.41, 5.74) is 3.41. The Bertz CT molecular complexity index is 674. The molecule has 1 aliphatic rings. The zero-order chi connectivity index (χ0) is 16.2. The highest BCUT2D eigenvalue weighted by molar-refractivity contribution is 7.09. The van der Waals surface area contributed by atoms with Crippen molar-refractivity contribution in [3.05, 3.63) is 51.5 Å². The summed E-state index contributed by atoms with van der Waals surface area (Å²) in [6.07, 6.45) is 0.507. The number of hydrogen-bond donors (Lipinski definition) is 0. The Morgan fingerprint density at radius 2 is 2.00 bits per heavy atom. The molecule has 0 saturated carbocycles. The molecular weight excluding hydrogens is 306 g/mol. The molecule has 3 rings (SSSR count). The average molecular weight is 329 g/mol. The highest BCUT2D eigenvalue weighted by Gasteiger charge is 2.21. The van der Waals surface area contributed by atoms with E-state index in [1.807, 2.05) is 24.0 Å². The highest BCUT2D eigenvalue weighted by atomic mass is 32.1. The zero-order valence-electron chi connectivity index (χ0n) is 13.8. The molecule has 2 heterocycles. The molecular formula is C18H23N3OS. The predicted molar refractivity (Wildman–Crippen MR) is 93.6 cm³/mol. The van der Waals surface area contributed by atoms with Crippen LogP contribution in [0.1, 0.15) is 21.8 Å². The molecule has 1 aliphatic heterocycles. The van der Waals surface area contributed by atoms with Gasteiger partial charge < -0.3 is 4.90 Å². The number of amides is 1. The second-order valence-corrected chi connectivity index (χ2v) is 7.15. The van der Waals surface area contributed by atoms with E-state index < -0.39 is 0 Å². The van der Waals surface area contributed by atoms with Gasteiger partial charge in [0.05, 0.1) is 13.0 Å². The summed E-state index contributed by atoms with van der Waals surface area (Å²) < 4.78 is 0. The topological polar surface area (TPSA) is 36.4 Å². The number of aromatic nitrogens is 1. The lowest BCUT2D eigenvalue weighted by molar-refractivity contribution is -0.132. The van der Waals surface area contributed by atoms with Crippen molar-refractivity contribution in [2.75, 3.05) is 26.2 Å². The first-order valence-corrected chi connectivity index (χ1v) is 8.95. The van der Waals surface area contributed by atoms with Crippen LogP contribution in [0.3, 0.4) is 0 Å². The number of carbonyl (C=O) groups is 1. The summed E-state index contributed by atoms with van der Waals surface area (Å²) in [7, 11) is 0. The molecule has 4 nitrogen and oxygen atoms in total. The highest BCUT2D eigenvalue weighted by Crippen LogP contribution is 2.14. The molecule has 0 radical (unpaired) electrons. The molecule has 5 heteroatoms. The maximum atomic E-state index is 12.4. The van der Waals surface area contributed by atoms with Crippen LogP contribution in [-0.2, 0) is 17.8 Å². The standard InChI is InChI=1S/C18H23N3OS/c1-14-4-3-5-16(10-14)11-18(22)21-8-6-20(7-9-21)12-17-19-15(2)13-23-17/h3-5,10,13H,6-9,11-12H2,1-2H3. The first kappa shape index (κ1) is 16.1. The Morgan fingerprint density at radius 3 is 2.65 bits per heavy atom. The lowest BCUT2D eigenvalue weighted by Gasteiger charge is -2.34. The Labute approximate surface area is 141 Å². The van der Waals surface area contributed by atoms with Crippen LogP contribution >= 0.6 is 11.3 Å². The van der Waals surface area contributed by atoms with Gasteiger partial charge in [-0.05, 0) is 19.4 Å². The SMILES string of the molecule is Cc1cccc(CC(=O)N2CCN(Cc3nc(C)cs3)CC2)c1. The largest absolute Gasteiger partial charge is 0.340 e. The average Bonchev–Trinajstić information content (AvgIpc) is 2.93. The van der Waals surface area contributed by atoms with Gasteiger partial charge in [0.2, 0.25) is 5.91 Å². The predicted octanol–water partition coefficient (Wildman–Crippen LogP) is 2.65. The molecule has 0 unspecified atom stereocenters. The van der Waals surface area contributed by atoms with Gasteiger partial charge in [0.25, 0.3) is 0 Å². The Hall–Kier alpha value is -1.72. The number of carbonyl (C=O) groups excluding carboxylic acids is 1. The van der Waals surface area contributed by atoms with E-state index in [1.54, 1.807) is 11.3 Å². The van der Waals surface area contributed by atoms with Crippen LogP contribution in [0.15, 0.2) is 29.6 Å². The number of hydrogen-bond acceptors (Lipinski definition) is 4. The molecule has 0 atom stereocenters. The minimum atomic E-state index is 0.236. The minimum Gasteiger partial charge on any atom is -0.340 e. The van der Waals surface area contributed by atoms with Gasteiger partial charge in [0.1, 0.15) is 5.01 Å². The fourth-order valence-corrected chi connectivity index (χ4v) is 3.74. The summed E-state index contributed by atoms with van der Waals surface area (Å²) in [4.78, 5) is 21.3. The molecule has 0 spiro atoms. The van der Waals surface area contributed by atoms with Crippen molar-refractivity contribution < 1.29 is 4.79 Å². The Kier molecular flexibility index (Phi) is 5.08. The van der Waals surface area contributed by atoms with Crippen LogP contribution < -0.4 is 0 Å². The smallest absolute Gasteiger partial charge is 0.227 e. The van der Waals surface area contributed by atoms with Crippen molar-refractivity contribution in [1.82, 2.24) is 14.8 Å². The van der Waals surface area contributed by atoms with Gasteiger partial charge in [0.15, 0.2) is 0 Å². The lowest BCUT2D eigenvalue weighted by Crippen LogP contribution is -2.48. The second kappa shape index (κ2) is 7.23. The van der Waals surface area contributed by atoms with E-state index in [0.717, 1.165) is 44.0 Å². The first-order chi connectivity index (χ1) is 11.1. The molecule has 1 aromatic heterocycles. The molecule has 0 N–H and O–H groups in total. The third kappa shape index (κ3) is 4.39. The van der Waals surface area contributed by atoms with E-state index in [1.165, 1.54) is 10.6 Å². The lowest BCUT2D eigenvalue weighted by atomic mass is 10.1. The van der Waals surface area contributed by atoms with Crippen LogP contribution in [-0.4, -0.2) is 46.9 Å². The maximum Gasteiger partial charge on any atom is 0.227 e. The Balaban J connectivity index is 1.49. The van der Waals surface area contributed by atoms with E-state index in [2.05, 4.69) is 34.3 Å². The van der Waals surface area contributed by atoms with E-state index >= 15 is 0 Å². The normalized spacial score (nSPS) is 15.8. The molecule has 2 aromatic rings. The molecule has 1 aromatic carbocycles. The third-order valence-electron chi connectivity index (χ3n) is 4.19. The molecule has 1 saturated heterocycles. The zero-order valence-corrected chi connectivity index (χ0v) is 14.6.